The fourth-order valence-electron chi connectivity index (χ4n) is 1.36. The minimum Gasteiger partial charge on any atom is -0.383 e. The summed E-state index contributed by atoms with van der Waals surface area (Å²) in [6, 6.07) is 0. The maximum absolute atomic E-state index is 11.9. The molecule has 0 aromatic carbocycles. The van der Waals surface area contributed by atoms with Crippen LogP contribution in [0.3, 0.4) is 0 Å². The fourth-order valence-corrected chi connectivity index (χ4v) is 1.61. The number of Topliss-reactive ketones (excluding diaryl/α,β-unsaturated/α-hetero) is 1. The van der Waals surface area contributed by atoms with Crippen molar-refractivity contribution in [1.29, 1.82) is 0 Å². The summed E-state index contributed by atoms with van der Waals surface area (Å²) in [6.07, 6.45) is 1.44. The molecule has 0 aliphatic rings. The molecule has 1 heterocycles. The summed E-state index contributed by atoms with van der Waals surface area (Å²) in [5.41, 5.74) is 0.353. The molecule has 0 fully saturated rings. The predicted molar refractivity (Wildman–Crippen MR) is 66.1 cm³/mol. The molecule has 0 amide bonds. The van der Waals surface area contributed by atoms with Crippen LogP contribution in [0.1, 0.15) is 10.5 Å². The smallest absolute Gasteiger partial charge is 0.207 e. The molecule has 0 N–H and O–H groups in total. The molecule has 0 saturated carbocycles. The van der Waals surface area contributed by atoms with Gasteiger partial charge in [-0.1, -0.05) is 11.6 Å². The second kappa shape index (κ2) is 8.20. The van der Waals surface area contributed by atoms with E-state index < -0.39 is 0 Å². The van der Waals surface area contributed by atoms with Gasteiger partial charge in [0.25, 0.3) is 0 Å². The minimum atomic E-state index is -0.204. The molecule has 0 bridgehead atoms. The zero-order chi connectivity index (χ0) is 13.4. The van der Waals surface area contributed by atoms with Gasteiger partial charge in [0.2, 0.25) is 5.78 Å². The molecular formula is C11H17ClN2O4. The Hall–Kier alpha value is -0.950. The van der Waals surface area contributed by atoms with Crippen molar-refractivity contribution in [3.8, 4) is 0 Å². The number of carbonyl (C=O) groups is 1. The molecule has 18 heavy (non-hydrogen) atoms. The Kier molecular flexibility index (Phi) is 6.89. The second-order valence-electron chi connectivity index (χ2n) is 3.53. The van der Waals surface area contributed by atoms with Crippen LogP contribution in [0.5, 0.6) is 0 Å². The third-order valence-electron chi connectivity index (χ3n) is 2.23. The quantitative estimate of drug-likeness (QED) is 0.498. The van der Waals surface area contributed by atoms with Gasteiger partial charge in [0.05, 0.1) is 37.6 Å². The maximum Gasteiger partial charge on any atom is 0.207 e. The normalized spacial score (nSPS) is 10.8. The van der Waals surface area contributed by atoms with Gasteiger partial charge in [-0.3, -0.25) is 9.48 Å². The maximum atomic E-state index is 11.9. The van der Waals surface area contributed by atoms with Crippen molar-refractivity contribution < 1.29 is 19.0 Å². The molecule has 0 aliphatic heterocycles. The van der Waals surface area contributed by atoms with Gasteiger partial charge in [-0.25, -0.2) is 0 Å². The van der Waals surface area contributed by atoms with Gasteiger partial charge >= 0.3 is 0 Å². The first-order valence-electron chi connectivity index (χ1n) is 5.50. The van der Waals surface area contributed by atoms with Crippen molar-refractivity contribution in [2.45, 2.75) is 6.54 Å². The summed E-state index contributed by atoms with van der Waals surface area (Å²) in [4.78, 5) is 11.9. The second-order valence-corrected chi connectivity index (χ2v) is 3.93. The highest BCUT2D eigenvalue weighted by atomic mass is 35.5. The summed E-state index contributed by atoms with van der Waals surface area (Å²) in [5.74, 6) is -0.204. The van der Waals surface area contributed by atoms with E-state index >= 15 is 0 Å². The lowest BCUT2D eigenvalue weighted by atomic mass is 10.3. The highest BCUT2D eigenvalue weighted by molar-refractivity contribution is 6.33. The fraction of sp³-hybridized carbons (Fsp3) is 0.636. The molecule has 0 radical (unpaired) electrons. The number of rotatable bonds is 9. The summed E-state index contributed by atoms with van der Waals surface area (Å²) in [7, 11) is 3.16. The van der Waals surface area contributed by atoms with E-state index in [1.54, 1.807) is 14.2 Å². The van der Waals surface area contributed by atoms with Crippen LogP contribution in [-0.2, 0) is 20.8 Å². The molecule has 0 spiro atoms. The number of nitrogens with zero attached hydrogens (tertiary/aromatic N) is 2. The van der Waals surface area contributed by atoms with Crippen molar-refractivity contribution in [2.75, 3.05) is 40.6 Å². The molecule has 1 aromatic heterocycles. The van der Waals surface area contributed by atoms with Crippen molar-refractivity contribution in [3.63, 3.8) is 0 Å². The van der Waals surface area contributed by atoms with Gasteiger partial charge in [-0.05, 0) is 0 Å². The number of hydrogen-bond donors (Lipinski definition) is 0. The van der Waals surface area contributed by atoms with Crippen molar-refractivity contribution in [3.05, 3.63) is 16.9 Å². The van der Waals surface area contributed by atoms with E-state index in [0.717, 1.165) is 0 Å². The van der Waals surface area contributed by atoms with Gasteiger partial charge in [0, 0.05) is 14.2 Å². The number of methoxy groups -OCH3 is 2. The Bertz CT molecular complexity index is 381. The van der Waals surface area contributed by atoms with Gasteiger partial charge in [0.1, 0.15) is 12.3 Å². The average Bonchev–Trinajstić information content (AvgIpc) is 2.73. The monoisotopic (exact) mass is 276 g/mol. The number of aromatic nitrogens is 2. The standard InChI is InChI=1S/C11H17ClN2O4/c1-16-4-3-14-11(9(12)7-13-14)10(15)8-18-6-5-17-2/h7H,3-6,8H2,1-2H3. The average molecular weight is 277 g/mol. The molecule has 102 valence electrons. The lowest BCUT2D eigenvalue weighted by Crippen LogP contribution is -2.18. The molecule has 6 nitrogen and oxygen atoms in total. The summed E-state index contributed by atoms with van der Waals surface area (Å²) in [5, 5.41) is 4.35. The Morgan fingerprint density at radius 3 is 2.72 bits per heavy atom. The largest absolute Gasteiger partial charge is 0.383 e. The van der Waals surface area contributed by atoms with Crippen LogP contribution < -0.4 is 0 Å². The molecule has 0 atom stereocenters. The first-order valence-corrected chi connectivity index (χ1v) is 5.88. The van der Waals surface area contributed by atoms with E-state index in [1.807, 2.05) is 0 Å². The topological polar surface area (TPSA) is 62.6 Å². The van der Waals surface area contributed by atoms with Crippen LogP contribution in [-0.4, -0.2) is 56.2 Å². The Balaban J connectivity index is 2.57. The molecule has 1 aromatic rings. The van der Waals surface area contributed by atoms with Gasteiger partial charge in [-0.15, -0.1) is 0 Å². The van der Waals surface area contributed by atoms with Crippen molar-refractivity contribution in [2.24, 2.45) is 0 Å². The van der Waals surface area contributed by atoms with E-state index in [9.17, 15) is 4.79 Å². The molecule has 0 unspecified atom stereocenters. The van der Waals surface area contributed by atoms with Crippen LogP contribution in [0, 0.1) is 0 Å². The van der Waals surface area contributed by atoms with Crippen LogP contribution in [0.15, 0.2) is 6.20 Å². The van der Waals surface area contributed by atoms with E-state index in [0.29, 0.717) is 37.1 Å². The first-order chi connectivity index (χ1) is 8.70. The van der Waals surface area contributed by atoms with Gasteiger partial charge < -0.3 is 14.2 Å². The van der Waals surface area contributed by atoms with Gasteiger partial charge in [-0.2, -0.15) is 5.10 Å². The molecular weight excluding hydrogens is 260 g/mol. The van der Waals surface area contributed by atoms with E-state index in [4.69, 9.17) is 25.8 Å². The number of carbonyl (C=O) groups excluding carboxylic acids is 1. The zero-order valence-corrected chi connectivity index (χ0v) is 11.3. The highest BCUT2D eigenvalue weighted by Crippen LogP contribution is 2.15. The van der Waals surface area contributed by atoms with Crippen LogP contribution in [0.4, 0.5) is 0 Å². The Morgan fingerprint density at radius 1 is 1.33 bits per heavy atom. The zero-order valence-electron chi connectivity index (χ0n) is 10.5. The number of ketones is 1. The highest BCUT2D eigenvalue weighted by Gasteiger charge is 2.17. The third kappa shape index (κ3) is 4.38. The van der Waals surface area contributed by atoms with Crippen LogP contribution >= 0.6 is 11.6 Å². The summed E-state index contributed by atoms with van der Waals surface area (Å²) < 4.78 is 16.4. The van der Waals surface area contributed by atoms with E-state index in [-0.39, 0.29) is 12.4 Å². The minimum absolute atomic E-state index is 0.0399. The van der Waals surface area contributed by atoms with Crippen LogP contribution in [0.2, 0.25) is 5.02 Å². The third-order valence-corrected chi connectivity index (χ3v) is 2.51. The summed E-state index contributed by atoms with van der Waals surface area (Å²) >= 11 is 5.93. The first kappa shape index (κ1) is 15.1. The Morgan fingerprint density at radius 2 is 2.06 bits per heavy atom. The van der Waals surface area contributed by atoms with Crippen LogP contribution in [0.25, 0.3) is 0 Å². The molecule has 0 saturated heterocycles. The number of hydrogen-bond acceptors (Lipinski definition) is 5. The van der Waals surface area contributed by atoms with E-state index in [2.05, 4.69) is 5.10 Å². The number of halogens is 1. The molecule has 0 aliphatic carbocycles. The lowest BCUT2D eigenvalue weighted by molar-refractivity contribution is 0.0568. The van der Waals surface area contributed by atoms with Crippen molar-refractivity contribution in [1.82, 2.24) is 9.78 Å². The van der Waals surface area contributed by atoms with Crippen molar-refractivity contribution >= 4 is 17.4 Å². The molecule has 1 rings (SSSR count). The summed E-state index contributed by atoms with van der Waals surface area (Å²) in [6.45, 7) is 1.71. The molecule has 7 heteroatoms. The lowest BCUT2D eigenvalue weighted by Gasteiger charge is -2.07. The number of ether oxygens (including phenoxy) is 3. The SMILES string of the molecule is COCCOCC(=O)c1c(Cl)cnn1CCOC. The predicted octanol–water partition coefficient (Wildman–Crippen LogP) is 1.03. The van der Waals surface area contributed by atoms with Gasteiger partial charge in [0.15, 0.2) is 0 Å². The Labute approximate surface area is 111 Å². The van der Waals surface area contributed by atoms with E-state index in [1.165, 1.54) is 10.9 Å².